The highest BCUT2D eigenvalue weighted by atomic mass is 19.1. The van der Waals surface area contributed by atoms with Gasteiger partial charge in [-0.25, -0.2) is 9.18 Å². The lowest BCUT2D eigenvalue weighted by molar-refractivity contribution is -0.139. The van der Waals surface area contributed by atoms with Gasteiger partial charge in [-0.3, -0.25) is 4.79 Å². The Morgan fingerprint density at radius 1 is 1.07 bits per heavy atom. The van der Waals surface area contributed by atoms with Gasteiger partial charge in [0.1, 0.15) is 23.4 Å². The van der Waals surface area contributed by atoms with Gasteiger partial charge in [0.25, 0.3) is 5.91 Å². The van der Waals surface area contributed by atoms with Gasteiger partial charge in [-0.1, -0.05) is 6.07 Å². The van der Waals surface area contributed by atoms with Crippen LogP contribution in [0, 0.1) is 5.82 Å². The molecule has 27 heavy (non-hydrogen) atoms. The van der Waals surface area contributed by atoms with Crippen molar-refractivity contribution < 1.29 is 28.6 Å². The number of hydrogen-bond donors (Lipinski definition) is 1. The van der Waals surface area contributed by atoms with E-state index in [9.17, 15) is 14.0 Å². The number of piperidine rings is 1. The van der Waals surface area contributed by atoms with E-state index >= 15 is 0 Å². The predicted molar refractivity (Wildman–Crippen MR) is 95.5 cm³/mol. The van der Waals surface area contributed by atoms with Crippen molar-refractivity contribution in [1.82, 2.24) is 4.90 Å². The Balaban J connectivity index is 1.54. The largest absolute Gasteiger partial charge is 0.490 e. The molecule has 0 aromatic heterocycles. The number of carbonyl (C=O) groups excluding carboxylic acids is 1. The van der Waals surface area contributed by atoms with Crippen LogP contribution in [0.1, 0.15) is 23.2 Å². The minimum atomic E-state index is -1.07. The number of nitrogens with zero attached hydrogens (tertiary/aromatic N) is 1. The van der Waals surface area contributed by atoms with E-state index in [1.807, 2.05) is 0 Å². The molecule has 1 fully saturated rings. The fraction of sp³-hybridized carbons (Fsp3) is 0.300. The lowest BCUT2D eigenvalue weighted by Crippen LogP contribution is -2.41. The normalized spacial score (nSPS) is 14.6. The molecule has 0 radical (unpaired) electrons. The third-order valence-electron chi connectivity index (χ3n) is 4.29. The molecule has 7 heteroatoms. The van der Waals surface area contributed by atoms with Crippen LogP contribution >= 0.6 is 0 Å². The highest BCUT2D eigenvalue weighted by Crippen LogP contribution is 2.21. The molecule has 6 nitrogen and oxygen atoms in total. The Bertz CT molecular complexity index is 800. The van der Waals surface area contributed by atoms with Crippen LogP contribution < -0.4 is 9.47 Å². The number of benzene rings is 2. The molecule has 142 valence electrons. The number of hydrogen-bond acceptors (Lipinski definition) is 4. The fourth-order valence-electron chi connectivity index (χ4n) is 2.93. The van der Waals surface area contributed by atoms with E-state index < -0.39 is 12.6 Å². The standard InChI is InChI=1S/C20H20FNO5/c21-15-4-6-16(7-5-15)27-17-8-10-22(11-9-17)20(25)14-2-1-3-18(12-14)26-13-19(23)24/h1-7,12,17H,8-11,13H2,(H,23,24). The Morgan fingerprint density at radius 2 is 1.78 bits per heavy atom. The molecule has 0 spiro atoms. The summed E-state index contributed by atoms with van der Waals surface area (Å²) in [6, 6.07) is 12.4. The second-order valence-corrected chi connectivity index (χ2v) is 6.27. The van der Waals surface area contributed by atoms with Gasteiger partial charge in [-0.2, -0.15) is 0 Å². The molecule has 1 saturated heterocycles. The molecule has 0 bridgehead atoms. The predicted octanol–water partition coefficient (Wildman–Crippen LogP) is 2.97. The van der Waals surface area contributed by atoms with Gasteiger partial charge in [-0.15, -0.1) is 0 Å². The quantitative estimate of drug-likeness (QED) is 0.843. The second-order valence-electron chi connectivity index (χ2n) is 6.27. The van der Waals surface area contributed by atoms with E-state index in [4.69, 9.17) is 14.6 Å². The van der Waals surface area contributed by atoms with Gasteiger partial charge in [0.15, 0.2) is 6.61 Å². The van der Waals surface area contributed by atoms with Crippen LogP contribution in [-0.4, -0.2) is 47.7 Å². The van der Waals surface area contributed by atoms with E-state index in [-0.39, 0.29) is 17.8 Å². The number of likely N-dealkylation sites (tertiary alicyclic amines) is 1. The fourth-order valence-corrected chi connectivity index (χ4v) is 2.93. The zero-order valence-electron chi connectivity index (χ0n) is 14.6. The van der Waals surface area contributed by atoms with E-state index in [1.165, 1.54) is 12.1 Å². The topological polar surface area (TPSA) is 76.1 Å². The molecule has 1 amide bonds. The first-order chi connectivity index (χ1) is 13.0. The molecule has 3 rings (SSSR count). The van der Waals surface area contributed by atoms with Crippen LogP contribution in [0.25, 0.3) is 0 Å². The summed E-state index contributed by atoms with van der Waals surface area (Å²) in [6.07, 6.45) is 1.33. The van der Waals surface area contributed by atoms with Crippen molar-refractivity contribution in [2.75, 3.05) is 19.7 Å². The number of halogens is 1. The van der Waals surface area contributed by atoms with Gasteiger partial charge >= 0.3 is 5.97 Å². The van der Waals surface area contributed by atoms with Crippen molar-refractivity contribution in [3.8, 4) is 11.5 Å². The molecule has 1 aliphatic rings. The maximum absolute atomic E-state index is 12.9. The highest BCUT2D eigenvalue weighted by molar-refractivity contribution is 5.94. The minimum absolute atomic E-state index is 0.0234. The summed E-state index contributed by atoms with van der Waals surface area (Å²) < 4.78 is 23.9. The van der Waals surface area contributed by atoms with E-state index in [2.05, 4.69) is 0 Å². The number of rotatable bonds is 6. The number of amides is 1. The zero-order chi connectivity index (χ0) is 19.2. The van der Waals surface area contributed by atoms with Gasteiger partial charge < -0.3 is 19.5 Å². The number of carboxylic acids is 1. The summed E-state index contributed by atoms with van der Waals surface area (Å²) in [4.78, 5) is 25.0. The highest BCUT2D eigenvalue weighted by Gasteiger charge is 2.25. The van der Waals surface area contributed by atoms with Crippen molar-refractivity contribution in [1.29, 1.82) is 0 Å². The number of carbonyl (C=O) groups is 2. The summed E-state index contributed by atoms with van der Waals surface area (Å²) in [5.74, 6) is -0.550. The minimum Gasteiger partial charge on any atom is -0.490 e. The van der Waals surface area contributed by atoms with Crippen LogP contribution in [-0.2, 0) is 4.79 Å². The summed E-state index contributed by atoms with van der Waals surface area (Å²) >= 11 is 0. The zero-order valence-corrected chi connectivity index (χ0v) is 14.6. The molecule has 1 aliphatic heterocycles. The molecule has 0 atom stereocenters. The first-order valence-corrected chi connectivity index (χ1v) is 8.67. The second kappa shape index (κ2) is 8.53. The van der Waals surface area contributed by atoms with Gasteiger partial charge in [0.2, 0.25) is 0 Å². The van der Waals surface area contributed by atoms with Crippen molar-refractivity contribution in [2.24, 2.45) is 0 Å². The van der Waals surface area contributed by atoms with Gasteiger partial charge in [0, 0.05) is 31.5 Å². The third kappa shape index (κ3) is 5.20. The molecule has 2 aromatic rings. The molecule has 0 aliphatic carbocycles. The number of carboxylic acid groups (broad SMARTS) is 1. The SMILES string of the molecule is O=C(O)COc1cccc(C(=O)N2CCC(Oc3ccc(F)cc3)CC2)c1. The first kappa shape index (κ1) is 18.7. The number of aliphatic carboxylic acids is 1. The average molecular weight is 373 g/mol. The van der Waals surface area contributed by atoms with Crippen molar-refractivity contribution in [2.45, 2.75) is 18.9 Å². The first-order valence-electron chi connectivity index (χ1n) is 8.67. The van der Waals surface area contributed by atoms with Crippen LogP contribution in [0.5, 0.6) is 11.5 Å². The molecular formula is C20H20FNO5. The summed E-state index contributed by atoms with van der Waals surface area (Å²) in [6.45, 7) is 0.638. The van der Waals surface area contributed by atoms with Gasteiger partial charge in [0.05, 0.1) is 0 Å². The lowest BCUT2D eigenvalue weighted by atomic mass is 10.1. The van der Waals surface area contributed by atoms with Crippen molar-refractivity contribution in [3.05, 3.63) is 59.9 Å². The Hall–Kier alpha value is -3.09. The molecule has 2 aromatic carbocycles. The molecule has 1 heterocycles. The molecular weight excluding hydrogens is 353 g/mol. The summed E-state index contributed by atoms with van der Waals surface area (Å²) in [7, 11) is 0. The van der Waals surface area contributed by atoms with Crippen molar-refractivity contribution in [3.63, 3.8) is 0 Å². The Kier molecular flexibility index (Phi) is 5.90. The van der Waals surface area contributed by atoms with E-state index in [0.717, 1.165) is 0 Å². The van der Waals surface area contributed by atoms with Crippen LogP contribution in [0.15, 0.2) is 48.5 Å². The average Bonchev–Trinajstić information content (AvgIpc) is 2.68. The molecule has 1 N–H and O–H groups in total. The Morgan fingerprint density at radius 3 is 2.44 bits per heavy atom. The van der Waals surface area contributed by atoms with Crippen molar-refractivity contribution >= 4 is 11.9 Å². The summed E-state index contributed by atoms with van der Waals surface area (Å²) in [5, 5.41) is 8.67. The molecule has 0 unspecified atom stereocenters. The van der Waals surface area contributed by atoms with Crippen LogP contribution in [0.2, 0.25) is 0 Å². The summed E-state index contributed by atoms with van der Waals surface area (Å²) in [5.41, 5.74) is 0.454. The van der Waals surface area contributed by atoms with Crippen LogP contribution in [0.4, 0.5) is 4.39 Å². The molecule has 0 saturated carbocycles. The monoisotopic (exact) mass is 373 g/mol. The number of ether oxygens (including phenoxy) is 2. The van der Waals surface area contributed by atoms with E-state index in [1.54, 1.807) is 41.3 Å². The van der Waals surface area contributed by atoms with E-state index in [0.29, 0.717) is 43.0 Å². The Labute approximate surface area is 156 Å². The van der Waals surface area contributed by atoms with Crippen LogP contribution in [0.3, 0.4) is 0 Å². The van der Waals surface area contributed by atoms with Gasteiger partial charge in [-0.05, 0) is 42.5 Å². The maximum Gasteiger partial charge on any atom is 0.341 e. The maximum atomic E-state index is 12.9. The lowest BCUT2D eigenvalue weighted by Gasteiger charge is -2.32. The third-order valence-corrected chi connectivity index (χ3v) is 4.29. The smallest absolute Gasteiger partial charge is 0.341 e.